The lowest BCUT2D eigenvalue weighted by atomic mass is 9.89. The molecule has 4 heteroatoms. The van der Waals surface area contributed by atoms with E-state index in [0.29, 0.717) is 12.1 Å². The predicted octanol–water partition coefficient (Wildman–Crippen LogP) is 3.85. The van der Waals surface area contributed by atoms with Crippen LogP contribution in [0.3, 0.4) is 0 Å². The van der Waals surface area contributed by atoms with E-state index >= 15 is 0 Å². The Morgan fingerprint density at radius 1 is 1.09 bits per heavy atom. The summed E-state index contributed by atoms with van der Waals surface area (Å²) in [6.45, 7) is 10.4. The third-order valence-corrected chi connectivity index (χ3v) is 4.90. The maximum atomic E-state index is 11.8. The van der Waals surface area contributed by atoms with Crippen LogP contribution in [0.4, 0.5) is 4.79 Å². The Balaban J connectivity index is 1.67. The van der Waals surface area contributed by atoms with Gasteiger partial charge in [-0.2, -0.15) is 0 Å². The second-order valence-electron chi connectivity index (χ2n) is 8.47. The third-order valence-electron chi connectivity index (χ3n) is 4.90. The Morgan fingerprint density at radius 3 is 2.45 bits per heavy atom. The van der Waals surface area contributed by atoms with Crippen LogP contribution >= 0.6 is 0 Å². The maximum absolute atomic E-state index is 11.8. The lowest BCUT2D eigenvalue weighted by molar-refractivity contribution is 0.0521. The molecule has 22 heavy (non-hydrogen) atoms. The van der Waals surface area contributed by atoms with Gasteiger partial charge in [-0.05, 0) is 58.3 Å². The molecule has 2 rings (SSSR count). The normalized spacial score (nSPS) is 32.5. The molecule has 0 bridgehead atoms. The van der Waals surface area contributed by atoms with Crippen LogP contribution in [0.2, 0.25) is 0 Å². The summed E-state index contributed by atoms with van der Waals surface area (Å²) in [4.78, 5) is 11.8. The van der Waals surface area contributed by atoms with Crippen LogP contribution in [0.1, 0.15) is 73.1 Å². The highest BCUT2D eigenvalue weighted by molar-refractivity contribution is 5.68. The number of rotatable bonds is 4. The van der Waals surface area contributed by atoms with Gasteiger partial charge in [-0.15, -0.1) is 0 Å². The number of alkyl carbamates (subject to hydrolysis) is 1. The zero-order valence-corrected chi connectivity index (χ0v) is 14.9. The molecule has 0 radical (unpaired) electrons. The molecule has 4 nitrogen and oxygen atoms in total. The molecule has 0 aromatic carbocycles. The van der Waals surface area contributed by atoms with Gasteiger partial charge < -0.3 is 15.4 Å². The molecule has 0 saturated heterocycles. The van der Waals surface area contributed by atoms with Gasteiger partial charge in [0.05, 0.1) is 0 Å². The molecule has 0 aromatic rings. The van der Waals surface area contributed by atoms with Crippen molar-refractivity contribution in [3.63, 3.8) is 0 Å². The Labute approximate surface area is 135 Å². The number of nitrogens with one attached hydrogen (secondary N) is 2. The molecule has 2 N–H and O–H groups in total. The molecular weight excluding hydrogens is 276 g/mol. The van der Waals surface area contributed by atoms with Crippen molar-refractivity contribution in [1.82, 2.24) is 10.6 Å². The number of hydrogen-bond acceptors (Lipinski definition) is 3. The molecule has 2 aliphatic carbocycles. The highest BCUT2D eigenvalue weighted by Crippen LogP contribution is 2.31. The monoisotopic (exact) mass is 310 g/mol. The van der Waals surface area contributed by atoms with Gasteiger partial charge in [0.1, 0.15) is 5.60 Å². The number of carbonyl (C=O) groups is 1. The van der Waals surface area contributed by atoms with E-state index < -0.39 is 5.60 Å². The van der Waals surface area contributed by atoms with Crippen LogP contribution in [0, 0.1) is 11.8 Å². The van der Waals surface area contributed by atoms with Gasteiger partial charge in [-0.25, -0.2) is 4.79 Å². The minimum atomic E-state index is -0.422. The third kappa shape index (κ3) is 5.79. The van der Waals surface area contributed by atoms with Crippen LogP contribution in [0.5, 0.6) is 0 Å². The van der Waals surface area contributed by atoms with Gasteiger partial charge in [0, 0.05) is 18.1 Å². The fourth-order valence-electron chi connectivity index (χ4n) is 3.46. The smallest absolute Gasteiger partial charge is 0.407 e. The average molecular weight is 310 g/mol. The van der Waals surface area contributed by atoms with Crippen LogP contribution in [-0.4, -0.2) is 29.8 Å². The van der Waals surface area contributed by atoms with Crippen molar-refractivity contribution in [2.45, 2.75) is 96.9 Å². The van der Waals surface area contributed by atoms with Gasteiger partial charge in [0.2, 0.25) is 0 Å². The maximum Gasteiger partial charge on any atom is 0.407 e. The second-order valence-corrected chi connectivity index (χ2v) is 8.47. The summed E-state index contributed by atoms with van der Waals surface area (Å²) in [7, 11) is 0. The Hall–Kier alpha value is -0.770. The molecule has 2 saturated carbocycles. The van der Waals surface area contributed by atoms with Gasteiger partial charge in [0.25, 0.3) is 0 Å². The first kappa shape index (κ1) is 17.6. The summed E-state index contributed by atoms with van der Waals surface area (Å²) < 4.78 is 5.31. The SMILES string of the molecule is CC(C)C1CCCC(NC2CC2NC(=O)OC(C)(C)C)CC1. The van der Waals surface area contributed by atoms with E-state index in [4.69, 9.17) is 4.74 Å². The topological polar surface area (TPSA) is 50.4 Å². The van der Waals surface area contributed by atoms with Crippen molar-refractivity contribution in [3.8, 4) is 0 Å². The van der Waals surface area contributed by atoms with Crippen LogP contribution in [0.25, 0.3) is 0 Å². The number of hydrogen-bond donors (Lipinski definition) is 2. The fraction of sp³-hybridized carbons (Fsp3) is 0.944. The predicted molar refractivity (Wildman–Crippen MR) is 89.9 cm³/mol. The van der Waals surface area contributed by atoms with E-state index in [0.717, 1.165) is 18.3 Å². The molecule has 0 spiro atoms. The summed E-state index contributed by atoms with van der Waals surface area (Å²) in [6.07, 6.45) is 7.34. The van der Waals surface area contributed by atoms with Crippen molar-refractivity contribution < 1.29 is 9.53 Å². The van der Waals surface area contributed by atoms with Crippen molar-refractivity contribution in [3.05, 3.63) is 0 Å². The second kappa shape index (κ2) is 7.20. The lowest BCUT2D eigenvalue weighted by Crippen LogP contribution is -2.39. The van der Waals surface area contributed by atoms with E-state index in [1.165, 1.54) is 32.1 Å². The van der Waals surface area contributed by atoms with Gasteiger partial charge >= 0.3 is 6.09 Å². The molecular formula is C18H34N2O2. The summed E-state index contributed by atoms with van der Waals surface area (Å²) in [5.74, 6) is 1.70. The van der Waals surface area contributed by atoms with Crippen molar-refractivity contribution in [2.75, 3.05) is 0 Å². The van der Waals surface area contributed by atoms with Crippen LogP contribution in [-0.2, 0) is 4.74 Å². The average Bonchev–Trinajstić information content (AvgIpc) is 3.11. The number of amides is 1. The van der Waals surface area contributed by atoms with E-state index in [9.17, 15) is 4.79 Å². The fourth-order valence-corrected chi connectivity index (χ4v) is 3.46. The largest absolute Gasteiger partial charge is 0.444 e. The Bertz CT molecular complexity index is 376. The summed E-state index contributed by atoms with van der Waals surface area (Å²) in [5, 5.41) is 6.71. The number of ether oxygens (including phenoxy) is 1. The number of carbonyl (C=O) groups excluding carboxylic acids is 1. The minimum Gasteiger partial charge on any atom is -0.444 e. The lowest BCUT2D eigenvalue weighted by Gasteiger charge is -2.20. The Kier molecular flexibility index (Phi) is 5.76. The van der Waals surface area contributed by atoms with Crippen LogP contribution < -0.4 is 10.6 Å². The first-order chi connectivity index (χ1) is 10.2. The van der Waals surface area contributed by atoms with Crippen molar-refractivity contribution >= 4 is 6.09 Å². The van der Waals surface area contributed by atoms with E-state index in [1.807, 2.05) is 20.8 Å². The van der Waals surface area contributed by atoms with E-state index in [1.54, 1.807) is 0 Å². The zero-order valence-electron chi connectivity index (χ0n) is 14.9. The summed E-state index contributed by atoms with van der Waals surface area (Å²) in [6, 6.07) is 1.31. The van der Waals surface area contributed by atoms with Gasteiger partial charge in [-0.3, -0.25) is 0 Å². The molecule has 4 unspecified atom stereocenters. The van der Waals surface area contributed by atoms with E-state index in [2.05, 4.69) is 24.5 Å². The summed E-state index contributed by atoms with van der Waals surface area (Å²) >= 11 is 0. The first-order valence-electron chi connectivity index (χ1n) is 9.00. The molecule has 1 amide bonds. The quantitative estimate of drug-likeness (QED) is 0.776. The zero-order chi connectivity index (χ0) is 16.3. The minimum absolute atomic E-state index is 0.249. The summed E-state index contributed by atoms with van der Waals surface area (Å²) in [5.41, 5.74) is -0.422. The molecule has 0 aromatic heterocycles. The van der Waals surface area contributed by atoms with Gasteiger partial charge in [-0.1, -0.05) is 26.7 Å². The molecule has 0 heterocycles. The molecule has 4 atom stereocenters. The van der Waals surface area contributed by atoms with Crippen molar-refractivity contribution in [1.29, 1.82) is 0 Å². The highest BCUT2D eigenvalue weighted by Gasteiger charge is 2.40. The molecule has 2 fully saturated rings. The molecule has 2 aliphatic rings. The van der Waals surface area contributed by atoms with Crippen molar-refractivity contribution in [2.24, 2.45) is 11.8 Å². The highest BCUT2D eigenvalue weighted by atomic mass is 16.6. The van der Waals surface area contributed by atoms with Crippen LogP contribution in [0.15, 0.2) is 0 Å². The first-order valence-corrected chi connectivity index (χ1v) is 9.00. The Morgan fingerprint density at radius 2 is 1.82 bits per heavy atom. The molecule has 0 aliphatic heterocycles. The standard InChI is InChI=1S/C18H34N2O2/c1-12(2)13-7-6-8-14(10-9-13)19-15-11-16(15)20-17(21)22-18(3,4)5/h12-16,19H,6-11H2,1-5H3,(H,20,21). The van der Waals surface area contributed by atoms with E-state index in [-0.39, 0.29) is 12.1 Å². The molecule has 128 valence electrons. The van der Waals surface area contributed by atoms with Gasteiger partial charge in [0.15, 0.2) is 0 Å².